The third-order valence-electron chi connectivity index (χ3n) is 3.69. The number of alkyl halides is 1. The van der Waals surface area contributed by atoms with Gasteiger partial charge in [0.2, 0.25) is 0 Å². The van der Waals surface area contributed by atoms with E-state index in [0.29, 0.717) is 5.02 Å². The number of amides is 1. The first kappa shape index (κ1) is 20.6. The predicted molar refractivity (Wildman–Crippen MR) is 99.8 cm³/mol. The Morgan fingerprint density at radius 3 is 2.19 bits per heavy atom. The van der Waals surface area contributed by atoms with Crippen molar-refractivity contribution in [2.75, 3.05) is 0 Å². The summed E-state index contributed by atoms with van der Waals surface area (Å²) in [5.74, 6) is -3.12. The molecule has 1 amide bonds. The zero-order valence-electron chi connectivity index (χ0n) is 15.1. The highest BCUT2D eigenvalue weighted by molar-refractivity contribution is 6.30. The summed E-state index contributed by atoms with van der Waals surface area (Å²) in [6, 6.07) is 11.3. The first-order valence-corrected chi connectivity index (χ1v) is 8.56. The molecule has 6 nitrogen and oxygen atoms in total. The van der Waals surface area contributed by atoms with Crippen LogP contribution in [0.25, 0.3) is 0 Å². The minimum Gasteiger partial charge on any atom is -0.444 e. The lowest BCUT2D eigenvalue weighted by Crippen LogP contribution is -2.47. The molecular formula is C19H20ClFN2O4. The number of nitrogens with one attached hydrogen (secondary N) is 1. The molecular weight excluding hydrogens is 375 g/mol. The van der Waals surface area contributed by atoms with Gasteiger partial charge in [-0.05, 0) is 50.6 Å². The number of alkyl carbamates (subject to hydrolysis) is 1. The second-order valence-electron chi connectivity index (χ2n) is 6.93. The van der Waals surface area contributed by atoms with Gasteiger partial charge in [-0.3, -0.25) is 10.1 Å². The summed E-state index contributed by atoms with van der Waals surface area (Å²) < 4.78 is 21.0. The van der Waals surface area contributed by atoms with Crippen molar-refractivity contribution in [1.82, 2.24) is 5.32 Å². The van der Waals surface area contributed by atoms with Crippen LogP contribution in [0.15, 0.2) is 54.6 Å². The number of hydrogen-bond acceptors (Lipinski definition) is 4. The maximum Gasteiger partial charge on any atom is 0.408 e. The molecule has 0 saturated carbocycles. The fourth-order valence-electron chi connectivity index (χ4n) is 2.53. The number of hydrogen-bond donors (Lipinski definition) is 1. The lowest BCUT2D eigenvalue weighted by atomic mass is 9.91. The highest BCUT2D eigenvalue weighted by Crippen LogP contribution is 2.40. The van der Waals surface area contributed by atoms with E-state index in [4.69, 9.17) is 16.3 Å². The second-order valence-corrected chi connectivity index (χ2v) is 7.36. The number of benzene rings is 2. The third kappa shape index (κ3) is 4.95. The van der Waals surface area contributed by atoms with Crippen molar-refractivity contribution in [3.63, 3.8) is 0 Å². The summed E-state index contributed by atoms with van der Waals surface area (Å²) in [5, 5.41) is 14.5. The third-order valence-corrected chi connectivity index (χ3v) is 3.94. The van der Waals surface area contributed by atoms with Crippen LogP contribution < -0.4 is 5.32 Å². The second kappa shape index (κ2) is 7.92. The van der Waals surface area contributed by atoms with Gasteiger partial charge in [0.15, 0.2) is 6.04 Å². The van der Waals surface area contributed by atoms with Crippen molar-refractivity contribution < 1.29 is 18.8 Å². The van der Waals surface area contributed by atoms with Gasteiger partial charge < -0.3 is 10.1 Å². The van der Waals surface area contributed by atoms with Crippen molar-refractivity contribution in [2.24, 2.45) is 0 Å². The number of rotatable bonds is 5. The van der Waals surface area contributed by atoms with Crippen molar-refractivity contribution in [1.29, 1.82) is 0 Å². The minimum atomic E-state index is -3.12. The molecule has 0 fully saturated rings. The van der Waals surface area contributed by atoms with Gasteiger partial charge in [-0.2, -0.15) is 4.39 Å². The van der Waals surface area contributed by atoms with Gasteiger partial charge in [-0.1, -0.05) is 41.9 Å². The van der Waals surface area contributed by atoms with Crippen LogP contribution >= 0.6 is 11.6 Å². The van der Waals surface area contributed by atoms with Gasteiger partial charge >= 0.3 is 11.9 Å². The molecule has 0 bridgehead atoms. The lowest BCUT2D eigenvalue weighted by Gasteiger charge is -2.29. The number of nitro groups is 1. The van der Waals surface area contributed by atoms with E-state index in [2.05, 4.69) is 5.32 Å². The molecule has 0 saturated heterocycles. The summed E-state index contributed by atoms with van der Waals surface area (Å²) in [7, 11) is 0. The van der Waals surface area contributed by atoms with Crippen LogP contribution in [0.1, 0.15) is 37.9 Å². The van der Waals surface area contributed by atoms with Crippen molar-refractivity contribution in [3.05, 3.63) is 80.9 Å². The van der Waals surface area contributed by atoms with E-state index >= 15 is 4.39 Å². The highest BCUT2D eigenvalue weighted by atomic mass is 35.5. The molecule has 0 aliphatic heterocycles. The summed E-state index contributed by atoms with van der Waals surface area (Å²) in [4.78, 5) is 23.0. The van der Waals surface area contributed by atoms with E-state index in [0.717, 1.165) is 0 Å². The van der Waals surface area contributed by atoms with Crippen LogP contribution in [0.3, 0.4) is 0 Å². The summed E-state index contributed by atoms with van der Waals surface area (Å²) in [5.41, 5.74) is -0.881. The van der Waals surface area contributed by atoms with E-state index in [9.17, 15) is 14.9 Å². The van der Waals surface area contributed by atoms with E-state index in [1.165, 1.54) is 48.5 Å². The lowest BCUT2D eigenvalue weighted by molar-refractivity contribution is -0.623. The van der Waals surface area contributed by atoms with Gasteiger partial charge in [-0.15, -0.1) is 0 Å². The first-order valence-electron chi connectivity index (χ1n) is 8.18. The molecule has 0 aliphatic carbocycles. The molecule has 144 valence electrons. The van der Waals surface area contributed by atoms with Crippen molar-refractivity contribution in [2.45, 2.75) is 38.2 Å². The molecule has 1 N–H and O–H groups in total. The fourth-order valence-corrected chi connectivity index (χ4v) is 2.66. The standard InChI is InChI=1S/C19H20ClFN2O4/c1-18(2,3)27-17(24)22-16(13-9-11-15(20)12-10-13)19(21,23(25)26)14-7-5-4-6-8-14/h4-12,16H,1-3H3,(H,22,24). The average molecular weight is 395 g/mol. The topological polar surface area (TPSA) is 81.5 Å². The maximum atomic E-state index is 15.9. The number of nitrogens with zero attached hydrogens (tertiary/aromatic N) is 1. The van der Waals surface area contributed by atoms with Crippen LogP contribution in [0.4, 0.5) is 9.18 Å². The molecule has 0 spiro atoms. The first-order chi connectivity index (χ1) is 12.5. The van der Waals surface area contributed by atoms with Crippen LogP contribution in [0.5, 0.6) is 0 Å². The molecule has 0 aromatic heterocycles. The van der Waals surface area contributed by atoms with Crippen molar-refractivity contribution in [3.8, 4) is 0 Å². The van der Waals surface area contributed by atoms with Crippen LogP contribution in [0, 0.1) is 10.1 Å². The number of halogens is 2. The zero-order valence-corrected chi connectivity index (χ0v) is 15.9. The molecule has 2 aromatic rings. The van der Waals surface area contributed by atoms with Crippen LogP contribution in [-0.2, 0) is 10.5 Å². The molecule has 8 heteroatoms. The monoisotopic (exact) mass is 394 g/mol. The predicted octanol–water partition coefficient (Wildman–Crippen LogP) is 5.01. The molecule has 2 unspecified atom stereocenters. The summed E-state index contributed by atoms with van der Waals surface area (Å²) in [6.07, 6.45) is -0.970. The SMILES string of the molecule is CC(C)(C)OC(=O)NC(c1ccc(Cl)cc1)C(F)(c1ccccc1)[N+](=O)[O-]. The Bertz CT molecular complexity index is 809. The van der Waals surface area contributed by atoms with Gasteiger partial charge in [0, 0.05) is 5.02 Å². The largest absolute Gasteiger partial charge is 0.444 e. The normalized spacial score (nSPS) is 14.7. The smallest absolute Gasteiger partial charge is 0.408 e. The van der Waals surface area contributed by atoms with Gasteiger partial charge in [0.05, 0.1) is 10.5 Å². The van der Waals surface area contributed by atoms with Crippen LogP contribution in [0.2, 0.25) is 5.02 Å². The Balaban J connectivity index is 2.54. The Morgan fingerprint density at radius 2 is 1.70 bits per heavy atom. The average Bonchev–Trinajstić information content (AvgIpc) is 2.59. The molecule has 0 radical (unpaired) electrons. The number of ether oxygens (including phenoxy) is 1. The van der Waals surface area contributed by atoms with Crippen LogP contribution in [-0.4, -0.2) is 16.6 Å². The zero-order chi connectivity index (χ0) is 20.2. The van der Waals surface area contributed by atoms with Crippen molar-refractivity contribution >= 4 is 17.7 Å². The Morgan fingerprint density at radius 1 is 1.15 bits per heavy atom. The van der Waals surface area contributed by atoms with E-state index in [-0.39, 0.29) is 11.1 Å². The van der Waals surface area contributed by atoms with Gasteiger partial charge in [-0.25, -0.2) is 4.79 Å². The Hall–Kier alpha value is -2.67. The van der Waals surface area contributed by atoms with E-state index in [1.807, 2.05) is 0 Å². The molecule has 0 aliphatic rings. The highest BCUT2D eigenvalue weighted by Gasteiger charge is 2.55. The molecule has 27 heavy (non-hydrogen) atoms. The minimum absolute atomic E-state index is 0.174. The Labute approximate surface area is 161 Å². The quantitative estimate of drug-likeness (QED) is 0.439. The summed E-state index contributed by atoms with van der Waals surface area (Å²) >= 11 is 5.86. The van der Waals surface area contributed by atoms with Gasteiger partial charge in [0.25, 0.3) is 0 Å². The summed E-state index contributed by atoms with van der Waals surface area (Å²) in [6.45, 7) is 4.91. The molecule has 0 heterocycles. The van der Waals surface area contributed by atoms with E-state index in [1.54, 1.807) is 26.8 Å². The molecule has 2 aromatic carbocycles. The van der Waals surface area contributed by atoms with E-state index < -0.39 is 28.5 Å². The van der Waals surface area contributed by atoms with Gasteiger partial charge in [0.1, 0.15) is 5.60 Å². The molecule has 2 atom stereocenters. The number of carbonyl (C=O) groups is 1. The number of carbonyl (C=O) groups excluding carboxylic acids is 1. The fraction of sp³-hybridized carbons (Fsp3) is 0.316. The molecule has 2 rings (SSSR count). The Kier molecular flexibility index (Phi) is 6.05. The maximum absolute atomic E-state index is 15.9.